The number of aliphatic hydroxyl groups excluding tert-OH is 1. The maximum absolute atomic E-state index is 10.6. The summed E-state index contributed by atoms with van der Waals surface area (Å²) < 4.78 is 0. The fraction of sp³-hybridized carbons (Fsp3) is 0.600. The van der Waals surface area contributed by atoms with Gasteiger partial charge in [-0.25, -0.2) is 0 Å². The summed E-state index contributed by atoms with van der Waals surface area (Å²) in [5, 5.41) is 23.8. The molecule has 0 heterocycles. The lowest BCUT2D eigenvalue weighted by molar-refractivity contribution is -0.384. The number of nitrogens with one attached hydrogen (secondary N) is 1. The van der Waals surface area contributed by atoms with Crippen molar-refractivity contribution in [2.45, 2.75) is 32.4 Å². The molecule has 2 atom stereocenters. The van der Waals surface area contributed by atoms with Crippen molar-refractivity contribution in [3.63, 3.8) is 0 Å². The zero-order valence-electron chi connectivity index (χ0n) is 13.0. The van der Waals surface area contributed by atoms with Gasteiger partial charge in [0.25, 0.3) is 5.69 Å². The predicted molar refractivity (Wildman–Crippen MR) is 83.3 cm³/mol. The van der Waals surface area contributed by atoms with Crippen LogP contribution in [0.25, 0.3) is 0 Å². The minimum Gasteiger partial charge on any atom is -0.387 e. The zero-order valence-corrected chi connectivity index (χ0v) is 13.0. The van der Waals surface area contributed by atoms with Crippen LogP contribution in [-0.2, 0) is 0 Å². The van der Waals surface area contributed by atoms with Gasteiger partial charge in [0.1, 0.15) is 0 Å². The van der Waals surface area contributed by atoms with Crippen LogP contribution in [0.1, 0.15) is 31.9 Å². The summed E-state index contributed by atoms with van der Waals surface area (Å²) in [6.07, 6.45) is 0.460. The lowest BCUT2D eigenvalue weighted by Gasteiger charge is -2.23. The highest BCUT2D eigenvalue weighted by molar-refractivity contribution is 5.33. The Morgan fingerprint density at radius 2 is 2.00 bits per heavy atom. The molecule has 118 valence electrons. The molecule has 0 radical (unpaired) electrons. The summed E-state index contributed by atoms with van der Waals surface area (Å²) >= 11 is 0. The third-order valence-corrected chi connectivity index (χ3v) is 3.81. The molecule has 6 nitrogen and oxygen atoms in total. The van der Waals surface area contributed by atoms with Gasteiger partial charge in [-0.2, -0.15) is 0 Å². The Balaban J connectivity index is 2.33. The highest BCUT2D eigenvalue weighted by atomic mass is 16.6. The fourth-order valence-electron chi connectivity index (χ4n) is 1.96. The number of non-ortho nitro benzene ring substituents is 1. The molecule has 21 heavy (non-hydrogen) atoms. The van der Waals surface area contributed by atoms with Crippen LogP contribution in [0, 0.1) is 10.1 Å². The topological polar surface area (TPSA) is 78.6 Å². The average molecular weight is 295 g/mol. The van der Waals surface area contributed by atoms with Crippen molar-refractivity contribution in [3.05, 3.63) is 39.9 Å². The predicted octanol–water partition coefficient (Wildman–Crippen LogP) is 1.95. The Morgan fingerprint density at radius 1 is 1.38 bits per heavy atom. The molecule has 0 saturated heterocycles. The minimum absolute atomic E-state index is 0.0362. The first kappa shape index (κ1) is 17.6. The van der Waals surface area contributed by atoms with Crippen molar-refractivity contribution in [1.29, 1.82) is 0 Å². The van der Waals surface area contributed by atoms with Gasteiger partial charge in [-0.1, -0.05) is 6.92 Å². The molecule has 1 aromatic carbocycles. The van der Waals surface area contributed by atoms with Gasteiger partial charge in [-0.3, -0.25) is 10.1 Å². The zero-order chi connectivity index (χ0) is 15.8. The van der Waals surface area contributed by atoms with E-state index in [9.17, 15) is 15.2 Å². The third-order valence-electron chi connectivity index (χ3n) is 3.81. The Morgan fingerprint density at radius 3 is 2.52 bits per heavy atom. The van der Waals surface area contributed by atoms with Gasteiger partial charge < -0.3 is 15.3 Å². The normalized spacial score (nSPS) is 14.1. The van der Waals surface area contributed by atoms with Gasteiger partial charge >= 0.3 is 0 Å². The Hall–Kier alpha value is -1.50. The quantitative estimate of drug-likeness (QED) is 0.413. The molecular formula is C15H25N3O3. The number of hydrogen-bond donors (Lipinski definition) is 2. The average Bonchev–Trinajstić information content (AvgIpc) is 2.50. The molecule has 0 aliphatic carbocycles. The molecule has 2 unspecified atom stereocenters. The largest absolute Gasteiger partial charge is 0.387 e. The smallest absolute Gasteiger partial charge is 0.269 e. The van der Waals surface area contributed by atoms with E-state index >= 15 is 0 Å². The highest BCUT2D eigenvalue weighted by Crippen LogP contribution is 2.17. The van der Waals surface area contributed by atoms with Crippen molar-refractivity contribution in [2.75, 3.05) is 26.7 Å². The monoisotopic (exact) mass is 295 g/mol. The standard InChI is InChI=1S/C15H25N3O3/c1-4-12(2)17(3)10-9-16-11-15(19)13-5-7-14(8-6-13)18(20)21/h5-8,12,15-16,19H,4,9-11H2,1-3H3. The molecule has 0 saturated carbocycles. The molecule has 1 rings (SSSR count). The molecule has 0 aliphatic rings. The highest BCUT2D eigenvalue weighted by Gasteiger charge is 2.11. The van der Waals surface area contributed by atoms with E-state index < -0.39 is 11.0 Å². The molecule has 0 bridgehead atoms. The van der Waals surface area contributed by atoms with Crippen LogP contribution in [0.15, 0.2) is 24.3 Å². The van der Waals surface area contributed by atoms with Crippen molar-refractivity contribution >= 4 is 5.69 Å². The number of rotatable bonds is 9. The summed E-state index contributed by atoms with van der Waals surface area (Å²) in [4.78, 5) is 12.4. The number of benzene rings is 1. The molecule has 6 heteroatoms. The minimum atomic E-state index is -0.653. The van der Waals surface area contributed by atoms with Gasteiger partial charge in [0.05, 0.1) is 11.0 Å². The second-order valence-electron chi connectivity index (χ2n) is 5.31. The van der Waals surface area contributed by atoms with E-state index in [4.69, 9.17) is 0 Å². The number of hydrogen-bond acceptors (Lipinski definition) is 5. The Bertz CT molecular complexity index is 436. The van der Waals surface area contributed by atoms with Crippen molar-refractivity contribution in [2.24, 2.45) is 0 Å². The first-order valence-corrected chi connectivity index (χ1v) is 7.29. The van der Waals surface area contributed by atoms with E-state index in [2.05, 4.69) is 31.1 Å². The number of likely N-dealkylation sites (N-methyl/N-ethyl adjacent to an activating group) is 1. The summed E-state index contributed by atoms with van der Waals surface area (Å²) in [5.74, 6) is 0. The van der Waals surface area contributed by atoms with E-state index in [0.29, 0.717) is 18.2 Å². The summed E-state index contributed by atoms with van der Waals surface area (Å²) in [6.45, 7) is 6.50. The lowest BCUT2D eigenvalue weighted by Crippen LogP contribution is -2.36. The maximum Gasteiger partial charge on any atom is 0.269 e. The molecule has 0 spiro atoms. The molecule has 0 fully saturated rings. The molecule has 0 amide bonds. The molecule has 0 aromatic heterocycles. The van der Waals surface area contributed by atoms with Crippen LogP contribution >= 0.6 is 0 Å². The van der Waals surface area contributed by atoms with E-state index in [0.717, 1.165) is 19.5 Å². The third kappa shape index (κ3) is 5.79. The SMILES string of the molecule is CCC(C)N(C)CCNCC(O)c1ccc([N+](=O)[O-])cc1. The Labute approximate surface area is 125 Å². The Kier molecular flexibility index (Phi) is 7.28. The number of nitro groups is 1. The second kappa shape index (κ2) is 8.71. The van der Waals surface area contributed by atoms with E-state index in [1.807, 2.05) is 0 Å². The lowest BCUT2D eigenvalue weighted by atomic mass is 10.1. The van der Waals surface area contributed by atoms with E-state index in [1.54, 1.807) is 12.1 Å². The van der Waals surface area contributed by atoms with E-state index in [1.165, 1.54) is 12.1 Å². The molecular weight excluding hydrogens is 270 g/mol. The summed E-state index contributed by atoms with van der Waals surface area (Å²) in [6, 6.07) is 6.56. The van der Waals surface area contributed by atoms with Crippen molar-refractivity contribution < 1.29 is 10.0 Å². The van der Waals surface area contributed by atoms with Crippen LogP contribution in [0.4, 0.5) is 5.69 Å². The van der Waals surface area contributed by atoms with Crippen LogP contribution in [-0.4, -0.2) is 47.7 Å². The van der Waals surface area contributed by atoms with E-state index in [-0.39, 0.29) is 5.69 Å². The molecule has 1 aromatic rings. The number of nitro benzene ring substituents is 1. The number of aliphatic hydroxyl groups is 1. The molecule has 2 N–H and O–H groups in total. The van der Waals surface area contributed by atoms with Crippen LogP contribution < -0.4 is 5.32 Å². The van der Waals surface area contributed by atoms with Crippen molar-refractivity contribution in [3.8, 4) is 0 Å². The fourth-order valence-corrected chi connectivity index (χ4v) is 1.96. The first-order chi connectivity index (χ1) is 9.95. The summed E-state index contributed by atoms with van der Waals surface area (Å²) in [7, 11) is 2.09. The van der Waals surface area contributed by atoms with Gasteiger partial charge in [0, 0.05) is 37.8 Å². The summed E-state index contributed by atoms with van der Waals surface area (Å²) in [5.41, 5.74) is 0.720. The van der Waals surface area contributed by atoms with Crippen LogP contribution in [0.3, 0.4) is 0 Å². The van der Waals surface area contributed by atoms with Gasteiger partial charge in [0.15, 0.2) is 0 Å². The van der Waals surface area contributed by atoms with Crippen LogP contribution in [0.2, 0.25) is 0 Å². The van der Waals surface area contributed by atoms with Crippen LogP contribution in [0.5, 0.6) is 0 Å². The maximum atomic E-state index is 10.6. The van der Waals surface area contributed by atoms with Gasteiger partial charge in [-0.15, -0.1) is 0 Å². The van der Waals surface area contributed by atoms with Gasteiger partial charge in [0.2, 0.25) is 0 Å². The molecule has 0 aliphatic heterocycles. The second-order valence-corrected chi connectivity index (χ2v) is 5.31. The number of nitrogens with zero attached hydrogens (tertiary/aromatic N) is 2. The first-order valence-electron chi connectivity index (χ1n) is 7.29. The van der Waals surface area contributed by atoms with Crippen molar-refractivity contribution in [1.82, 2.24) is 10.2 Å². The van der Waals surface area contributed by atoms with Gasteiger partial charge in [-0.05, 0) is 38.1 Å².